The third-order valence-corrected chi connectivity index (χ3v) is 6.02. The number of carbonyl (C=O) groups excluding carboxylic acids is 2. The highest BCUT2D eigenvalue weighted by Crippen LogP contribution is 2.73. The molecule has 0 spiro atoms. The molecule has 26 heavy (non-hydrogen) atoms. The standard InChI is InChI=1S/C18H19N3O4S/c1-11-7-12(3-4-13(11)25-16-20-5-6-26-16)21(24-2)15(23)18-8-17(9-18,10-18)14(19)22/h3-7H,8-10H2,1-2H3,(H2,19,22). The molecule has 8 heteroatoms. The van der Waals surface area contributed by atoms with E-state index in [0.717, 1.165) is 5.56 Å². The molecule has 3 fully saturated rings. The molecule has 1 aromatic carbocycles. The molecule has 0 radical (unpaired) electrons. The second-order valence-electron chi connectivity index (χ2n) is 7.09. The number of thiazole rings is 1. The molecule has 0 atom stereocenters. The van der Waals surface area contributed by atoms with Gasteiger partial charge in [-0.2, -0.15) is 5.06 Å². The fraction of sp³-hybridized carbons (Fsp3) is 0.389. The number of carbonyl (C=O) groups is 2. The second-order valence-corrected chi connectivity index (χ2v) is 7.94. The summed E-state index contributed by atoms with van der Waals surface area (Å²) >= 11 is 1.41. The van der Waals surface area contributed by atoms with Crippen LogP contribution in [0.2, 0.25) is 0 Å². The molecule has 0 saturated heterocycles. The van der Waals surface area contributed by atoms with Crippen LogP contribution >= 0.6 is 11.3 Å². The predicted octanol–water partition coefficient (Wildman–Crippen LogP) is 2.79. The zero-order valence-corrected chi connectivity index (χ0v) is 15.3. The van der Waals surface area contributed by atoms with E-state index >= 15 is 0 Å². The first-order chi connectivity index (χ1) is 12.4. The maximum Gasteiger partial charge on any atom is 0.278 e. The van der Waals surface area contributed by atoms with Crippen molar-refractivity contribution >= 4 is 28.8 Å². The minimum absolute atomic E-state index is 0.129. The monoisotopic (exact) mass is 373 g/mol. The molecule has 2 amide bonds. The van der Waals surface area contributed by atoms with Crippen LogP contribution in [0.25, 0.3) is 0 Å². The summed E-state index contributed by atoms with van der Waals surface area (Å²) in [6, 6.07) is 5.39. The highest BCUT2D eigenvalue weighted by atomic mass is 32.1. The van der Waals surface area contributed by atoms with E-state index in [2.05, 4.69) is 4.98 Å². The van der Waals surface area contributed by atoms with Gasteiger partial charge in [-0.3, -0.25) is 14.4 Å². The quantitative estimate of drug-likeness (QED) is 0.786. The van der Waals surface area contributed by atoms with Gasteiger partial charge in [-0.1, -0.05) is 11.3 Å². The highest BCUT2D eigenvalue weighted by molar-refractivity contribution is 7.11. The van der Waals surface area contributed by atoms with Crippen molar-refractivity contribution in [3.63, 3.8) is 0 Å². The fourth-order valence-electron chi connectivity index (χ4n) is 4.03. The predicted molar refractivity (Wildman–Crippen MR) is 95.8 cm³/mol. The van der Waals surface area contributed by atoms with Gasteiger partial charge in [0.15, 0.2) is 0 Å². The third kappa shape index (κ3) is 2.40. The van der Waals surface area contributed by atoms with E-state index in [1.54, 1.807) is 18.3 Å². The van der Waals surface area contributed by atoms with Gasteiger partial charge in [0.25, 0.3) is 11.1 Å². The number of hydrogen-bond donors (Lipinski definition) is 1. The lowest BCUT2D eigenvalue weighted by molar-refractivity contribution is -0.208. The van der Waals surface area contributed by atoms with Gasteiger partial charge in [0.2, 0.25) is 5.91 Å². The van der Waals surface area contributed by atoms with Crippen molar-refractivity contribution < 1.29 is 19.2 Å². The topological polar surface area (TPSA) is 94.8 Å². The maximum atomic E-state index is 12.9. The molecule has 3 aliphatic carbocycles. The lowest BCUT2D eigenvalue weighted by atomic mass is 9.34. The minimum Gasteiger partial charge on any atom is -0.431 e. The molecule has 3 aliphatic rings. The van der Waals surface area contributed by atoms with E-state index in [4.69, 9.17) is 15.3 Å². The molecular weight excluding hydrogens is 354 g/mol. The molecule has 5 rings (SSSR count). The minimum atomic E-state index is -0.519. The number of primary amides is 1. The van der Waals surface area contributed by atoms with E-state index in [0.29, 0.717) is 35.9 Å². The van der Waals surface area contributed by atoms with Crippen LogP contribution in [0.15, 0.2) is 29.8 Å². The Morgan fingerprint density at radius 1 is 1.27 bits per heavy atom. The van der Waals surface area contributed by atoms with Gasteiger partial charge in [0.05, 0.1) is 23.6 Å². The maximum absolute atomic E-state index is 12.9. The van der Waals surface area contributed by atoms with E-state index < -0.39 is 10.8 Å². The van der Waals surface area contributed by atoms with Crippen molar-refractivity contribution in [1.82, 2.24) is 4.98 Å². The van der Waals surface area contributed by atoms with Gasteiger partial charge in [-0.25, -0.2) is 4.98 Å². The number of hydroxylamine groups is 1. The highest BCUT2D eigenvalue weighted by Gasteiger charge is 2.75. The van der Waals surface area contributed by atoms with Crippen LogP contribution in [0.3, 0.4) is 0 Å². The van der Waals surface area contributed by atoms with Crippen molar-refractivity contribution in [3.05, 3.63) is 35.3 Å². The average molecular weight is 373 g/mol. The zero-order chi connectivity index (χ0) is 18.5. The number of amides is 2. The lowest BCUT2D eigenvalue weighted by Gasteiger charge is -2.67. The number of anilines is 1. The smallest absolute Gasteiger partial charge is 0.278 e. The molecule has 0 aliphatic heterocycles. The van der Waals surface area contributed by atoms with Gasteiger partial charge >= 0.3 is 0 Å². The van der Waals surface area contributed by atoms with E-state index in [1.807, 2.05) is 18.4 Å². The number of nitrogens with two attached hydrogens (primary N) is 1. The van der Waals surface area contributed by atoms with Crippen LogP contribution in [0, 0.1) is 17.8 Å². The lowest BCUT2D eigenvalue weighted by Crippen LogP contribution is -2.72. The first-order valence-corrected chi connectivity index (χ1v) is 9.14. The van der Waals surface area contributed by atoms with Crippen LogP contribution in [-0.2, 0) is 14.4 Å². The molecule has 2 N–H and O–H groups in total. The van der Waals surface area contributed by atoms with Gasteiger partial charge < -0.3 is 10.5 Å². The van der Waals surface area contributed by atoms with Crippen molar-refractivity contribution in [1.29, 1.82) is 0 Å². The normalized spacial score (nSPS) is 25.8. The summed E-state index contributed by atoms with van der Waals surface area (Å²) in [6.07, 6.45) is 3.21. The first kappa shape index (κ1) is 17.0. The van der Waals surface area contributed by atoms with Gasteiger partial charge in [0.1, 0.15) is 5.75 Å². The summed E-state index contributed by atoms with van der Waals surface area (Å²) in [5.74, 6) is 0.234. The molecule has 0 unspecified atom stereocenters. The SMILES string of the molecule is CON(C(=O)C12CC(C(N)=O)(C1)C2)c1ccc(Oc2nccs2)c(C)c1. The first-order valence-electron chi connectivity index (χ1n) is 8.26. The Kier molecular flexibility index (Phi) is 3.78. The second kappa shape index (κ2) is 5.78. The number of hydrogen-bond acceptors (Lipinski definition) is 6. The average Bonchev–Trinajstić information content (AvgIpc) is 3.00. The summed E-state index contributed by atoms with van der Waals surface area (Å²) in [4.78, 5) is 33.9. The molecule has 3 saturated carbocycles. The fourth-order valence-corrected chi connectivity index (χ4v) is 4.52. The Labute approximate surface area is 154 Å². The summed E-state index contributed by atoms with van der Waals surface area (Å²) in [6.45, 7) is 1.90. The van der Waals surface area contributed by atoms with Crippen LogP contribution in [0.5, 0.6) is 10.9 Å². The van der Waals surface area contributed by atoms with Crippen LogP contribution in [0.4, 0.5) is 5.69 Å². The van der Waals surface area contributed by atoms with Crippen LogP contribution in [-0.4, -0.2) is 23.9 Å². The zero-order valence-electron chi connectivity index (χ0n) is 14.5. The van der Waals surface area contributed by atoms with Crippen molar-refractivity contribution in [2.45, 2.75) is 26.2 Å². The summed E-state index contributed by atoms with van der Waals surface area (Å²) in [5, 5.41) is 3.70. The van der Waals surface area contributed by atoms with Crippen molar-refractivity contribution in [3.8, 4) is 10.9 Å². The number of aromatic nitrogens is 1. The van der Waals surface area contributed by atoms with Gasteiger partial charge in [0, 0.05) is 11.6 Å². The Balaban J connectivity index is 1.51. The van der Waals surface area contributed by atoms with Crippen LogP contribution in [0.1, 0.15) is 24.8 Å². The summed E-state index contributed by atoms with van der Waals surface area (Å²) in [5.41, 5.74) is 5.92. The Bertz CT molecular complexity index is 861. The molecule has 7 nitrogen and oxygen atoms in total. The van der Waals surface area contributed by atoms with Crippen molar-refractivity contribution in [2.24, 2.45) is 16.6 Å². The summed E-state index contributed by atoms with van der Waals surface area (Å²) in [7, 11) is 1.46. The largest absolute Gasteiger partial charge is 0.431 e. The molecule has 1 heterocycles. The van der Waals surface area contributed by atoms with E-state index in [-0.39, 0.29) is 11.8 Å². The Hall–Kier alpha value is -2.45. The van der Waals surface area contributed by atoms with Gasteiger partial charge in [-0.05, 0) is 49.9 Å². The molecule has 136 valence electrons. The van der Waals surface area contributed by atoms with Crippen molar-refractivity contribution in [2.75, 3.05) is 12.2 Å². The van der Waals surface area contributed by atoms with E-state index in [9.17, 15) is 9.59 Å². The number of ether oxygens (including phenoxy) is 1. The van der Waals surface area contributed by atoms with Crippen LogP contribution < -0.4 is 15.5 Å². The van der Waals surface area contributed by atoms with Gasteiger partial charge in [-0.15, -0.1) is 0 Å². The Morgan fingerprint density at radius 3 is 2.54 bits per heavy atom. The summed E-state index contributed by atoms with van der Waals surface area (Å²) < 4.78 is 5.74. The molecule has 2 bridgehead atoms. The number of nitrogens with zero attached hydrogens (tertiary/aromatic N) is 2. The third-order valence-electron chi connectivity index (χ3n) is 5.37. The number of benzene rings is 1. The van der Waals surface area contributed by atoms with E-state index in [1.165, 1.54) is 23.5 Å². The number of aryl methyl sites for hydroxylation is 1. The molecular formula is C18H19N3O4S. The molecule has 1 aromatic heterocycles. The molecule has 2 aromatic rings. The number of rotatable bonds is 6. The Morgan fingerprint density at radius 2 is 2.00 bits per heavy atom.